The molecule has 0 bridgehead atoms. The highest BCUT2D eigenvalue weighted by atomic mass is 16.5. The van der Waals surface area contributed by atoms with Crippen molar-refractivity contribution in [1.82, 2.24) is 10.2 Å². The number of phenols is 1. The van der Waals surface area contributed by atoms with Gasteiger partial charge in [-0.25, -0.2) is 0 Å². The van der Waals surface area contributed by atoms with E-state index in [-0.39, 0.29) is 17.3 Å². The number of hydrogen-bond donors (Lipinski definition) is 1. The van der Waals surface area contributed by atoms with E-state index in [9.17, 15) is 5.11 Å². The van der Waals surface area contributed by atoms with Crippen molar-refractivity contribution >= 4 is 0 Å². The highest BCUT2D eigenvalue weighted by Crippen LogP contribution is 2.55. The quantitative estimate of drug-likeness (QED) is 0.489. The van der Waals surface area contributed by atoms with Crippen molar-refractivity contribution in [3.8, 4) is 23.0 Å². The minimum Gasteiger partial charge on any atom is -0.507 e. The molecule has 0 amide bonds. The Morgan fingerprint density at radius 2 is 2.00 bits per heavy atom. The number of aromatic hydroxyl groups is 1. The van der Waals surface area contributed by atoms with E-state index in [2.05, 4.69) is 50.0 Å². The van der Waals surface area contributed by atoms with E-state index < -0.39 is 0 Å². The van der Waals surface area contributed by atoms with Gasteiger partial charge in [0.25, 0.3) is 5.89 Å². The lowest BCUT2D eigenvalue weighted by Crippen LogP contribution is -2.45. The Balaban J connectivity index is 1.90. The van der Waals surface area contributed by atoms with E-state index >= 15 is 0 Å². The Morgan fingerprint density at radius 1 is 1.21 bits per heavy atom. The van der Waals surface area contributed by atoms with E-state index in [1.54, 1.807) is 6.92 Å². The molecule has 5 nitrogen and oxygen atoms in total. The van der Waals surface area contributed by atoms with Crippen LogP contribution >= 0.6 is 0 Å². The van der Waals surface area contributed by atoms with Crippen molar-refractivity contribution < 1.29 is 14.3 Å². The second-order valence-electron chi connectivity index (χ2n) is 9.14. The van der Waals surface area contributed by atoms with Gasteiger partial charge in [0.15, 0.2) is 0 Å². The molecule has 1 aromatic heterocycles. The summed E-state index contributed by atoms with van der Waals surface area (Å²) < 4.78 is 12.2. The molecule has 2 atom stereocenters. The SMILES string of the molecule is CCCCCc1cc2c(c(O)c1-c1nnc(C)o1)C1C=C(C)CC[C@H]1C(C)(C)O2. The van der Waals surface area contributed by atoms with Crippen molar-refractivity contribution in [2.45, 2.75) is 84.7 Å². The lowest BCUT2D eigenvalue weighted by atomic mass is 9.67. The maximum absolute atomic E-state index is 11.5. The van der Waals surface area contributed by atoms with Crippen molar-refractivity contribution in [2.24, 2.45) is 5.92 Å². The van der Waals surface area contributed by atoms with E-state index in [1.165, 1.54) is 5.57 Å². The van der Waals surface area contributed by atoms with Gasteiger partial charge in [-0.1, -0.05) is 31.4 Å². The molecule has 1 aliphatic carbocycles. The summed E-state index contributed by atoms with van der Waals surface area (Å²) in [5, 5.41) is 19.7. The molecule has 1 unspecified atom stereocenters. The highest BCUT2D eigenvalue weighted by molar-refractivity contribution is 5.73. The normalized spacial score (nSPS) is 22.4. The van der Waals surface area contributed by atoms with Crippen LogP contribution in [0.15, 0.2) is 22.1 Å². The fraction of sp³-hybridized carbons (Fsp3) is 0.583. The molecular formula is C24H32N2O3. The summed E-state index contributed by atoms with van der Waals surface area (Å²) in [6.45, 7) is 10.5. The number of allylic oxidation sites excluding steroid dienone is 2. The van der Waals surface area contributed by atoms with Crippen LogP contribution < -0.4 is 4.74 Å². The number of aromatic nitrogens is 2. The number of rotatable bonds is 5. The monoisotopic (exact) mass is 396 g/mol. The summed E-state index contributed by atoms with van der Waals surface area (Å²) in [6.07, 6.45) is 8.63. The molecule has 5 heteroatoms. The molecule has 4 rings (SSSR count). The molecule has 0 saturated heterocycles. The molecule has 0 fully saturated rings. The number of fused-ring (bicyclic) bond motifs is 3. The molecule has 156 valence electrons. The Kier molecular flexibility index (Phi) is 5.18. The van der Waals surface area contributed by atoms with Crippen LogP contribution in [0.3, 0.4) is 0 Å². The number of ether oxygens (including phenoxy) is 1. The molecule has 0 saturated carbocycles. The first kappa shape index (κ1) is 20.0. The molecule has 0 spiro atoms. The maximum atomic E-state index is 11.5. The standard InChI is InChI=1S/C24H32N2O3/c1-6-7-8-9-16-13-19-21(22(27)20(16)23-26-25-15(3)28-23)17-12-14(2)10-11-18(17)24(4,5)29-19/h12-13,17-18,27H,6-11H2,1-5H3/t17?,18-/m1/s1. The van der Waals surface area contributed by atoms with Crippen molar-refractivity contribution in [2.75, 3.05) is 0 Å². The third kappa shape index (κ3) is 3.56. The molecule has 29 heavy (non-hydrogen) atoms. The van der Waals surface area contributed by atoms with Crippen LogP contribution in [-0.2, 0) is 6.42 Å². The first-order valence-electron chi connectivity index (χ1n) is 10.9. The molecule has 1 aromatic carbocycles. The van der Waals surface area contributed by atoms with Crippen molar-refractivity contribution in [3.05, 3.63) is 34.7 Å². The summed E-state index contributed by atoms with van der Waals surface area (Å²) in [6, 6.07) is 2.11. The van der Waals surface area contributed by atoms with E-state index in [0.29, 0.717) is 23.3 Å². The third-order valence-corrected chi connectivity index (χ3v) is 6.52. The zero-order valence-corrected chi connectivity index (χ0v) is 18.2. The second kappa shape index (κ2) is 7.51. The first-order chi connectivity index (χ1) is 13.8. The van der Waals surface area contributed by atoms with Gasteiger partial charge in [0.05, 0.1) is 5.56 Å². The minimum absolute atomic E-state index is 0.134. The molecule has 2 aromatic rings. The largest absolute Gasteiger partial charge is 0.507 e. The molecule has 2 heterocycles. The third-order valence-electron chi connectivity index (χ3n) is 6.52. The Bertz CT molecular complexity index is 942. The van der Waals surface area contributed by atoms with E-state index in [0.717, 1.165) is 55.4 Å². The minimum atomic E-state index is -0.273. The summed E-state index contributed by atoms with van der Waals surface area (Å²) in [5.74, 6) is 2.40. The fourth-order valence-electron chi connectivity index (χ4n) is 5.01. The van der Waals surface area contributed by atoms with Gasteiger partial charge in [-0.05, 0) is 58.1 Å². The number of unbranched alkanes of at least 4 members (excludes halogenated alkanes) is 2. The lowest BCUT2D eigenvalue weighted by Gasteiger charge is -2.46. The summed E-state index contributed by atoms with van der Waals surface area (Å²) in [7, 11) is 0. The summed E-state index contributed by atoms with van der Waals surface area (Å²) >= 11 is 0. The molecular weight excluding hydrogens is 364 g/mol. The van der Waals surface area contributed by atoms with Crippen LogP contribution in [0.5, 0.6) is 11.5 Å². The first-order valence-corrected chi connectivity index (χ1v) is 10.9. The van der Waals surface area contributed by atoms with Gasteiger partial charge in [-0.3, -0.25) is 0 Å². The Hall–Kier alpha value is -2.30. The van der Waals surface area contributed by atoms with Crippen molar-refractivity contribution in [3.63, 3.8) is 0 Å². The van der Waals surface area contributed by atoms with Crippen LogP contribution in [-0.4, -0.2) is 20.9 Å². The second-order valence-corrected chi connectivity index (χ2v) is 9.14. The fourth-order valence-corrected chi connectivity index (χ4v) is 5.01. The van der Waals surface area contributed by atoms with Gasteiger partial charge >= 0.3 is 0 Å². The van der Waals surface area contributed by atoms with Gasteiger partial charge in [-0.2, -0.15) is 0 Å². The maximum Gasteiger partial charge on any atom is 0.251 e. The summed E-state index contributed by atoms with van der Waals surface area (Å²) in [5.41, 5.74) is 3.67. The number of benzene rings is 1. The van der Waals surface area contributed by atoms with Crippen LogP contribution in [0.25, 0.3) is 11.5 Å². The van der Waals surface area contributed by atoms with Gasteiger partial charge in [0, 0.05) is 24.3 Å². The number of nitrogens with zero attached hydrogens (tertiary/aromatic N) is 2. The Morgan fingerprint density at radius 3 is 2.69 bits per heavy atom. The van der Waals surface area contributed by atoms with Gasteiger partial charge in [-0.15, -0.1) is 10.2 Å². The summed E-state index contributed by atoms with van der Waals surface area (Å²) in [4.78, 5) is 0. The van der Waals surface area contributed by atoms with Gasteiger partial charge < -0.3 is 14.3 Å². The smallest absolute Gasteiger partial charge is 0.251 e. The van der Waals surface area contributed by atoms with Gasteiger partial charge in [0.2, 0.25) is 5.89 Å². The van der Waals surface area contributed by atoms with Crippen LogP contribution in [0.4, 0.5) is 0 Å². The predicted octanol–water partition coefficient (Wildman–Crippen LogP) is 6.09. The topological polar surface area (TPSA) is 68.4 Å². The molecule has 0 radical (unpaired) electrons. The molecule has 1 aliphatic heterocycles. The zero-order chi connectivity index (χ0) is 20.8. The number of aryl methyl sites for hydroxylation is 2. The Labute approximate surface area is 173 Å². The highest BCUT2D eigenvalue weighted by Gasteiger charge is 2.46. The number of hydrogen-bond acceptors (Lipinski definition) is 5. The number of phenolic OH excluding ortho intramolecular Hbond substituents is 1. The predicted molar refractivity (Wildman–Crippen MR) is 113 cm³/mol. The van der Waals surface area contributed by atoms with Crippen molar-refractivity contribution in [1.29, 1.82) is 0 Å². The van der Waals surface area contributed by atoms with Gasteiger partial charge in [0.1, 0.15) is 17.1 Å². The van der Waals surface area contributed by atoms with Crippen LogP contribution in [0, 0.1) is 12.8 Å². The molecule has 2 aliphatic rings. The van der Waals surface area contributed by atoms with Crippen LogP contribution in [0.1, 0.15) is 82.7 Å². The average Bonchev–Trinajstić information content (AvgIpc) is 3.06. The molecule has 1 N–H and O–H groups in total. The van der Waals surface area contributed by atoms with E-state index in [4.69, 9.17) is 9.15 Å². The van der Waals surface area contributed by atoms with Crippen LogP contribution in [0.2, 0.25) is 0 Å². The zero-order valence-electron chi connectivity index (χ0n) is 18.2. The lowest BCUT2D eigenvalue weighted by molar-refractivity contribution is 0.0107. The average molecular weight is 397 g/mol. The van der Waals surface area contributed by atoms with E-state index in [1.807, 2.05) is 0 Å².